The van der Waals surface area contributed by atoms with Gasteiger partial charge in [0.1, 0.15) is 5.75 Å². The molecular weight excluding hydrogens is 312 g/mol. The molecule has 0 aromatic heterocycles. The van der Waals surface area contributed by atoms with E-state index in [0.29, 0.717) is 13.0 Å². The third-order valence-electron chi connectivity index (χ3n) is 4.25. The molecule has 0 bridgehead atoms. The Morgan fingerprint density at radius 1 is 1.16 bits per heavy atom. The van der Waals surface area contributed by atoms with Crippen LogP contribution in [0, 0.1) is 6.92 Å². The summed E-state index contributed by atoms with van der Waals surface area (Å²) in [5.41, 5.74) is 2.90. The lowest BCUT2D eigenvalue weighted by Gasteiger charge is -2.20. The van der Waals surface area contributed by atoms with Crippen LogP contribution in [0.1, 0.15) is 35.4 Å². The Morgan fingerprint density at radius 3 is 2.56 bits per heavy atom. The number of aromatic hydroxyl groups is 1. The largest absolute Gasteiger partial charge is 0.508 e. The summed E-state index contributed by atoms with van der Waals surface area (Å²) in [6, 6.07) is 15.4. The van der Waals surface area contributed by atoms with E-state index in [-0.39, 0.29) is 17.6 Å². The molecule has 0 fully saturated rings. The van der Waals surface area contributed by atoms with Crippen molar-refractivity contribution >= 4 is 5.91 Å². The van der Waals surface area contributed by atoms with Crippen LogP contribution >= 0.6 is 0 Å². The van der Waals surface area contributed by atoms with E-state index in [9.17, 15) is 9.90 Å². The molecule has 0 saturated carbocycles. The normalized spacial score (nSPS) is 12.2. The monoisotopic (exact) mass is 340 g/mol. The van der Waals surface area contributed by atoms with Crippen LogP contribution in [0.3, 0.4) is 0 Å². The van der Waals surface area contributed by atoms with Crippen molar-refractivity contribution in [2.75, 3.05) is 27.2 Å². The average molecular weight is 340 g/mol. The van der Waals surface area contributed by atoms with E-state index >= 15 is 0 Å². The first-order chi connectivity index (χ1) is 12.0. The lowest BCUT2D eigenvalue weighted by atomic mass is 9.87. The Labute approximate surface area is 150 Å². The predicted molar refractivity (Wildman–Crippen MR) is 102 cm³/mol. The maximum Gasteiger partial charge on any atom is 0.220 e. The summed E-state index contributed by atoms with van der Waals surface area (Å²) in [6.07, 6.45) is 1.24. The molecule has 2 rings (SSSR count). The van der Waals surface area contributed by atoms with Crippen LogP contribution in [0.4, 0.5) is 0 Å². The van der Waals surface area contributed by atoms with Crippen molar-refractivity contribution < 1.29 is 9.90 Å². The molecule has 25 heavy (non-hydrogen) atoms. The van der Waals surface area contributed by atoms with Crippen molar-refractivity contribution in [1.82, 2.24) is 10.2 Å². The number of amides is 1. The highest BCUT2D eigenvalue weighted by molar-refractivity contribution is 5.77. The van der Waals surface area contributed by atoms with E-state index in [1.807, 2.05) is 63.5 Å². The number of phenols is 1. The van der Waals surface area contributed by atoms with Gasteiger partial charge >= 0.3 is 0 Å². The van der Waals surface area contributed by atoms with Crippen molar-refractivity contribution in [1.29, 1.82) is 0 Å². The Hall–Kier alpha value is -2.33. The van der Waals surface area contributed by atoms with Crippen molar-refractivity contribution in [3.05, 3.63) is 65.2 Å². The van der Waals surface area contributed by atoms with Crippen LogP contribution in [-0.2, 0) is 4.79 Å². The minimum Gasteiger partial charge on any atom is -0.508 e. The molecule has 4 heteroatoms. The predicted octanol–water partition coefficient (Wildman–Crippen LogP) is 3.29. The second-order valence-electron chi connectivity index (χ2n) is 6.74. The maximum atomic E-state index is 12.4. The first kappa shape index (κ1) is 19.0. The van der Waals surface area contributed by atoms with Gasteiger partial charge in [-0.05, 0) is 45.6 Å². The third kappa shape index (κ3) is 5.91. The number of phenolic OH excluding ortho intramolecular Hbond substituents is 1. The highest BCUT2D eigenvalue weighted by Gasteiger charge is 2.21. The van der Waals surface area contributed by atoms with Crippen LogP contribution in [0.2, 0.25) is 0 Å². The highest BCUT2D eigenvalue weighted by atomic mass is 16.3. The number of nitrogens with zero attached hydrogens (tertiary/aromatic N) is 1. The SMILES string of the molecule is Cc1ccc(O)c(C(CC(=O)NCCCN(C)C)c2ccccc2)c1. The standard InChI is InChI=1S/C21H28N2O2/c1-16-10-11-20(24)19(14-16)18(17-8-5-4-6-9-17)15-21(25)22-12-7-13-23(2)3/h4-6,8-11,14,18,24H,7,12-13,15H2,1-3H3,(H,22,25). The lowest BCUT2D eigenvalue weighted by molar-refractivity contribution is -0.121. The smallest absolute Gasteiger partial charge is 0.220 e. The van der Waals surface area contributed by atoms with Gasteiger partial charge in [0.05, 0.1) is 0 Å². The maximum absolute atomic E-state index is 12.4. The first-order valence-corrected chi connectivity index (χ1v) is 8.73. The van der Waals surface area contributed by atoms with E-state index < -0.39 is 0 Å². The molecule has 134 valence electrons. The molecule has 1 atom stereocenters. The quantitative estimate of drug-likeness (QED) is 0.725. The van der Waals surface area contributed by atoms with E-state index in [1.54, 1.807) is 6.07 Å². The molecule has 0 saturated heterocycles. The summed E-state index contributed by atoms with van der Waals surface area (Å²) >= 11 is 0. The molecule has 2 aromatic rings. The summed E-state index contributed by atoms with van der Waals surface area (Å²) in [5, 5.41) is 13.3. The molecule has 1 amide bonds. The molecule has 0 aliphatic rings. The van der Waals surface area contributed by atoms with Gasteiger partial charge in [-0.1, -0.05) is 48.0 Å². The van der Waals surface area contributed by atoms with Gasteiger partial charge in [-0.2, -0.15) is 0 Å². The molecule has 0 aliphatic carbocycles. The lowest BCUT2D eigenvalue weighted by Crippen LogP contribution is -2.28. The molecule has 0 radical (unpaired) electrons. The van der Waals surface area contributed by atoms with Crippen LogP contribution in [-0.4, -0.2) is 43.1 Å². The van der Waals surface area contributed by atoms with Gasteiger partial charge in [0.2, 0.25) is 5.91 Å². The second kappa shape index (κ2) is 9.23. The van der Waals surface area contributed by atoms with E-state index in [4.69, 9.17) is 0 Å². The van der Waals surface area contributed by atoms with Gasteiger partial charge in [-0.25, -0.2) is 0 Å². The number of benzene rings is 2. The van der Waals surface area contributed by atoms with E-state index in [1.165, 1.54) is 0 Å². The van der Waals surface area contributed by atoms with Gasteiger partial charge in [0.15, 0.2) is 0 Å². The Bertz CT molecular complexity index is 684. The zero-order valence-electron chi connectivity index (χ0n) is 15.3. The molecule has 2 aromatic carbocycles. The minimum absolute atomic E-state index is 0.00788. The van der Waals surface area contributed by atoms with E-state index in [0.717, 1.165) is 29.7 Å². The Morgan fingerprint density at radius 2 is 1.88 bits per heavy atom. The van der Waals surface area contributed by atoms with Crippen LogP contribution in [0.25, 0.3) is 0 Å². The fourth-order valence-corrected chi connectivity index (χ4v) is 2.93. The zero-order chi connectivity index (χ0) is 18.2. The molecule has 0 spiro atoms. The summed E-state index contributed by atoms with van der Waals surface area (Å²) < 4.78 is 0. The third-order valence-corrected chi connectivity index (χ3v) is 4.25. The zero-order valence-corrected chi connectivity index (χ0v) is 15.3. The number of carbonyl (C=O) groups is 1. The number of carbonyl (C=O) groups excluding carboxylic acids is 1. The van der Waals surface area contributed by atoms with Crippen molar-refractivity contribution in [2.24, 2.45) is 0 Å². The fraction of sp³-hybridized carbons (Fsp3) is 0.381. The highest BCUT2D eigenvalue weighted by Crippen LogP contribution is 2.34. The van der Waals surface area contributed by atoms with Crippen molar-refractivity contribution in [3.63, 3.8) is 0 Å². The molecule has 4 nitrogen and oxygen atoms in total. The number of nitrogens with one attached hydrogen (secondary N) is 1. The van der Waals surface area contributed by atoms with Crippen LogP contribution in [0.5, 0.6) is 5.75 Å². The Balaban J connectivity index is 2.13. The number of rotatable bonds is 8. The summed E-state index contributed by atoms with van der Waals surface area (Å²) in [4.78, 5) is 14.5. The topological polar surface area (TPSA) is 52.6 Å². The van der Waals surface area contributed by atoms with Gasteiger partial charge in [0.25, 0.3) is 0 Å². The molecular formula is C21H28N2O2. The van der Waals surface area contributed by atoms with Gasteiger partial charge < -0.3 is 15.3 Å². The van der Waals surface area contributed by atoms with Gasteiger partial charge in [-0.15, -0.1) is 0 Å². The average Bonchev–Trinajstić information content (AvgIpc) is 2.59. The van der Waals surface area contributed by atoms with Crippen LogP contribution in [0.15, 0.2) is 48.5 Å². The molecule has 2 N–H and O–H groups in total. The summed E-state index contributed by atoms with van der Waals surface area (Å²) in [6.45, 7) is 3.60. The van der Waals surface area contributed by atoms with Crippen molar-refractivity contribution in [3.8, 4) is 5.75 Å². The van der Waals surface area contributed by atoms with Gasteiger partial charge in [-0.3, -0.25) is 4.79 Å². The van der Waals surface area contributed by atoms with Gasteiger partial charge in [0, 0.05) is 24.4 Å². The summed E-state index contributed by atoms with van der Waals surface area (Å²) in [7, 11) is 4.04. The van der Waals surface area contributed by atoms with Crippen molar-refractivity contribution in [2.45, 2.75) is 25.7 Å². The van der Waals surface area contributed by atoms with E-state index in [2.05, 4.69) is 10.2 Å². The molecule has 1 unspecified atom stereocenters. The molecule has 0 aliphatic heterocycles. The number of hydrogen-bond donors (Lipinski definition) is 2. The first-order valence-electron chi connectivity index (χ1n) is 8.73. The second-order valence-corrected chi connectivity index (χ2v) is 6.74. The fourth-order valence-electron chi connectivity index (χ4n) is 2.93. The Kier molecular flexibility index (Phi) is 7.02. The number of aryl methyl sites for hydroxylation is 1. The number of hydrogen-bond acceptors (Lipinski definition) is 3. The van der Waals surface area contributed by atoms with Crippen LogP contribution < -0.4 is 5.32 Å². The minimum atomic E-state index is -0.157. The summed E-state index contributed by atoms with van der Waals surface area (Å²) in [5.74, 6) is 0.0864. The molecule has 0 heterocycles.